The Morgan fingerprint density at radius 1 is 0.543 bits per heavy atom. The summed E-state index contributed by atoms with van der Waals surface area (Å²) in [5.74, 6) is 0.241. The Morgan fingerprint density at radius 2 is 0.870 bits per heavy atom. The third kappa shape index (κ3) is 29.1. The van der Waals surface area contributed by atoms with Crippen molar-refractivity contribution in [1.29, 1.82) is 0 Å². The summed E-state index contributed by atoms with van der Waals surface area (Å²) in [7, 11) is 0. The third-order valence-corrected chi connectivity index (χ3v) is 18.8. The Morgan fingerprint density at radius 3 is 1.17 bits per heavy atom. The average Bonchev–Trinajstić information content (AvgIpc) is 1.38. The quantitative estimate of drug-likeness (QED) is 0.0253. The number of H-pyrrole nitrogens is 1. The molecule has 0 amide bonds. The van der Waals surface area contributed by atoms with E-state index in [-0.39, 0.29) is 60.6 Å². The van der Waals surface area contributed by atoms with E-state index in [1.54, 1.807) is 6.07 Å². The molecule has 0 spiro atoms. The first-order chi connectivity index (χ1) is 43.2. The molecule has 0 bridgehead atoms. The largest absolute Gasteiger partial charge is 1.00 e. The number of aliphatic hydroxyl groups is 1. The summed E-state index contributed by atoms with van der Waals surface area (Å²) in [5, 5.41) is 13.5. The summed E-state index contributed by atoms with van der Waals surface area (Å²) in [6.45, 7) is 32.4. The maximum absolute atomic E-state index is 12.3. The molecule has 2 N–H and O–H groups in total. The van der Waals surface area contributed by atoms with Gasteiger partial charge in [0, 0.05) is 185 Å². The molecule has 6 aromatic rings. The van der Waals surface area contributed by atoms with Crippen molar-refractivity contribution in [3.05, 3.63) is 172 Å². The average molecular weight is 1670 g/mol. The number of hydrogen-bond donors (Lipinski definition) is 2. The van der Waals surface area contributed by atoms with E-state index in [1.807, 2.05) is 43.3 Å². The van der Waals surface area contributed by atoms with Crippen LogP contribution in [0.15, 0.2) is 107 Å². The van der Waals surface area contributed by atoms with E-state index in [9.17, 15) is 18.8 Å². The topological polar surface area (TPSA) is 126 Å². The number of aldehydes is 2. The van der Waals surface area contributed by atoms with Gasteiger partial charge in [0.25, 0.3) is 5.56 Å². The SMILES string of the molecule is BrP(Br)Br.CCN1CCN(c2ccc(C=O)c(Cl)c2)CC1.CCN1CCN(c2ccc(CBr)c(Cl)c2)CC1.CCN1CCN(c2ccc(CO)c(Cl)c2)CC1.CCN1CCN(c2ccc(CSc3nc(C)cc(=O)[nH]3)c(Cl)c2)CC1.O=Cc1ccc(F)cc1Cl.[B].[H-].[Na+]. The molecule has 4 aliphatic rings. The number of benzene rings is 5. The van der Waals surface area contributed by atoms with Crippen molar-refractivity contribution in [1.82, 2.24) is 29.6 Å². The minimum absolute atomic E-state index is 0. The van der Waals surface area contributed by atoms with Crippen LogP contribution in [-0.2, 0) is 17.7 Å². The molecule has 14 nitrogen and oxygen atoms in total. The molecule has 5 heterocycles. The predicted molar refractivity (Wildman–Crippen MR) is 404 cm³/mol. The number of alkyl halides is 1. The van der Waals surface area contributed by atoms with Crippen molar-refractivity contribution in [3.63, 3.8) is 0 Å². The fraction of sp³-hybridized carbons (Fsp3) is 0.438. The van der Waals surface area contributed by atoms with Gasteiger partial charge in [-0.25, -0.2) is 9.37 Å². The van der Waals surface area contributed by atoms with Crippen LogP contribution in [0.25, 0.3) is 0 Å². The number of carbonyl (C=O) groups excluding carboxylic acids is 2. The van der Waals surface area contributed by atoms with Gasteiger partial charge in [0.1, 0.15) is 9.85 Å². The molecule has 10 rings (SSSR count). The standard InChI is InChI=1S/C18H23ClN4OS.C13H18BrClN2.C13H19ClN2O.C13H17ClN2O.C7H4ClFO.B.Br3P.Na.H/c1-3-22-6-8-23(9-7-22)15-5-4-14(16(19)11-15)12-25-18-20-13(2)10-17(24)21-18;1-2-16-5-7-17(8-6-16)12-4-3-11(10-14)13(15)9-12;2*1-2-15-5-7-16(8-6-15)12-4-3-11(10-17)13(14)9-12;8-7-3-6(9)2-1-5(7)4-10;;1-4(2)3;;/h4-5,10-11H,3,6-9,12H2,1-2H3,(H,20,21,24);3-4,9H,2,5-8,10H2,1H3;3-4,9,17H,2,5-8,10H2,1H3;3-4,9-10H,2,5-8H2,1H3;1-4H;;;;/q;;;;;;;+1;-1. The minimum Gasteiger partial charge on any atom is -1.00 e. The van der Waals surface area contributed by atoms with Gasteiger partial charge in [0.15, 0.2) is 17.7 Å². The van der Waals surface area contributed by atoms with Crippen LogP contribution < -0.4 is 54.7 Å². The van der Waals surface area contributed by atoms with Gasteiger partial charge in [0.2, 0.25) is 0 Å². The predicted octanol–water partition coefficient (Wildman–Crippen LogP) is 13.2. The number of rotatable bonds is 15. The second-order valence-electron chi connectivity index (χ2n) is 21.1. The first-order valence-electron chi connectivity index (χ1n) is 29.8. The Kier molecular flexibility index (Phi) is 42.3. The van der Waals surface area contributed by atoms with Gasteiger partial charge in [-0.2, -0.15) is 0 Å². The Balaban J connectivity index is 0.000000395. The van der Waals surface area contributed by atoms with Crippen molar-refractivity contribution in [3.8, 4) is 0 Å². The number of aryl methyl sites for hydroxylation is 1. The maximum atomic E-state index is 12.3. The molecule has 0 aliphatic carbocycles. The van der Waals surface area contributed by atoms with E-state index in [1.165, 1.54) is 41.3 Å². The van der Waals surface area contributed by atoms with Crippen LogP contribution >= 0.6 is 136 Å². The first-order valence-corrected chi connectivity index (χ1v) is 41.2. The first kappa shape index (κ1) is 84.7. The van der Waals surface area contributed by atoms with Crippen LogP contribution in [-0.4, -0.2) is 187 Å². The number of anilines is 4. The second-order valence-corrected chi connectivity index (χ2v) is 40.0. The van der Waals surface area contributed by atoms with Gasteiger partial charge in [0.05, 0.1) is 16.7 Å². The van der Waals surface area contributed by atoms with Crippen molar-refractivity contribution in [2.24, 2.45) is 0 Å². The Hall–Kier alpha value is -1.54. The van der Waals surface area contributed by atoms with Crippen molar-refractivity contribution in [2.75, 3.05) is 150 Å². The van der Waals surface area contributed by atoms with Crippen molar-refractivity contribution < 1.29 is 50.1 Å². The number of halogens is 10. The number of likely N-dealkylation sites (N-methyl/N-ethyl adjacent to an activating group) is 4. The van der Waals surface area contributed by atoms with Gasteiger partial charge in [-0.15, -0.1) is 0 Å². The molecule has 92 heavy (non-hydrogen) atoms. The van der Waals surface area contributed by atoms with Gasteiger partial charge in [-0.1, -0.05) is 132 Å². The molecular weight excluding hydrogens is 1590 g/mol. The van der Waals surface area contributed by atoms with Crippen LogP contribution in [0.3, 0.4) is 0 Å². The van der Waals surface area contributed by atoms with Crippen LogP contribution in [0.5, 0.6) is 0 Å². The van der Waals surface area contributed by atoms with Crippen molar-refractivity contribution in [2.45, 2.75) is 57.5 Å². The molecule has 3 radical (unpaired) electrons. The normalized spacial score (nSPS) is 15.3. The number of carbonyl (C=O) groups is 2. The second kappa shape index (κ2) is 45.9. The van der Waals surface area contributed by atoms with Gasteiger partial charge < -0.3 is 50.7 Å². The monoisotopic (exact) mass is 1660 g/mol. The molecule has 4 fully saturated rings. The minimum atomic E-state index is -0.435. The molecule has 0 saturated carbocycles. The number of aromatic amines is 1. The number of piperazine rings is 4. The number of thioether (sulfide) groups is 1. The number of aromatic nitrogens is 2. The molecular formula is C64H82BBr4Cl5FN10NaO4PS. The number of nitrogens with zero attached hydrogens (tertiary/aromatic N) is 9. The van der Waals surface area contributed by atoms with E-state index in [0.29, 0.717) is 38.4 Å². The number of nitrogens with one attached hydrogen (secondary N) is 1. The molecule has 5 aromatic carbocycles. The molecule has 0 unspecified atom stereocenters. The zero-order valence-electron chi connectivity index (χ0n) is 54.1. The Bertz CT molecular complexity index is 3160. The summed E-state index contributed by atoms with van der Waals surface area (Å²) < 4.78 is 12.1. The number of aliphatic hydroxyl groups excluding tert-OH is 1. The number of hydrogen-bond acceptors (Lipinski definition) is 14. The molecule has 4 aliphatic heterocycles. The summed E-state index contributed by atoms with van der Waals surface area (Å²) in [5.41, 5.74) is 9.15. The molecule has 1 aromatic heterocycles. The van der Waals surface area contributed by atoms with Crippen LogP contribution in [0.4, 0.5) is 27.1 Å². The van der Waals surface area contributed by atoms with E-state index in [4.69, 9.17) is 63.1 Å². The van der Waals surface area contributed by atoms with E-state index < -0.39 is 5.82 Å². The van der Waals surface area contributed by atoms with Gasteiger partial charge in [-0.3, -0.25) is 14.4 Å². The molecule has 4 saturated heterocycles. The summed E-state index contributed by atoms with van der Waals surface area (Å²) >= 11 is 44.8. The fourth-order valence-electron chi connectivity index (χ4n) is 10.0. The van der Waals surface area contributed by atoms with Crippen LogP contribution in [0.1, 0.15) is 72.2 Å². The summed E-state index contributed by atoms with van der Waals surface area (Å²) in [6.07, 6.45) is 1.38. The Labute approximate surface area is 632 Å². The molecule has 497 valence electrons. The van der Waals surface area contributed by atoms with E-state index in [2.05, 4.69) is 170 Å². The third-order valence-electron chi connectivity index (χ3n) is 15.6. The smallest absolute Gasteiger partial charge is 1.00 e. The van der Waals surface area contributed by atoms with Crippen LogP contribution in [0.2, 0.25) is 25.1 Å². The van der Waals surface area contributed by atoms with E-state index >= 15 is 0 Å². The molecule has 0 atom stereocenters. The fourth-order valence-corrected chi connectivity index (χ4v) is 12.8. The molecule has 28 heteroatoms. The summed E-state index contributed by atoms with van der Waals surface area (Å²) in [6, 6.07) is 29.3. The summed E-state index contributed by atoms with van der Waals surface area (Å²) in [4.78, 5) is 58.7. The van der Waals surface area contributed by atoms with Gasteiger partial charge in [-0.05, 0) is 169 Å². The zero-order valence-corrected chi connectivity index (χ0v) is 66.9. The van der Waals surface area contributed by atoms with Crippen LogP contribution in [0, 0.1) is 12.7 Å². The van der Waals surface area contributed by atoms with E-state index in [0.717, 1.165) is 192 Å². The maximum Gasteiger partial charge on any atom is 1.00 e. The van der Waals surface area contributed by atoms with Crippen molar-refractivity contribution >= 4 is 180 Å². The zero-order chi connectivity index (χ0) is 65.7. The van der Waals surface area contributed by atoms with Gasteiger partial charge >= 0.3 is 29.6 Å².